The summed E-state index contributed by atoms with van der Waals surface area (Å²) < 4.78 is 5.57. The van der Waals surface area contributed by atoms with Crippen LogP contribution in [0.1, 0.15) is 56.8 Å². The van der Waals surface area contributed by atoms with Gasteiger partial charge >= 0.3 is 5.97 Å². The Morgan fingerprint density at radius 2 is 1.90 bits per heavy atom. The lowest BCUT2D eigenvalue weighted by atomic mass is 9.97. The second-order valence-corrected chi connectivity index (χ2v) is 9.16. The number of carbonyl (C=O) groups is 2. The average Bonchev–Trinajstić information content (AvgIpc) is 3.20. The number of aromatic nitrogens is 1. The molecule has 0 spiro atoms. The van der Waals surface area contributed by atoms with Crippen molar-refractivity contribution in [3.63, 3.8) is 0 Å². The number of pyridine rings is 1. The molecular formula is C22H28ClN5O3. The van der Waals surface area contributed by atoms with E-state index < -0.39 is 17.6 Å². The number of fused-ring (bicyclic) bond motifs is 1. The smallest absolute Gasteiger partial charge is 0.329 e. The van der Waals surface area contributed by atoms with E-state index in [4.69, 9.17) is 27.8 Å². The fourth-order valence-corrected chi connectivity index (χ4v) is 4.01. The van der Waals surface area contributed by atoms with Crippen LogP contribution < -0.4 is 16.8 Å². The molecule has 1 aliphatic carbocycles. The normalized spacial score (nSPS) is 15.5. The van der Waals surface area contributed by atoms with Crippen LogP contribution >= 0.6 is 11.6 Å². The molecule has 8 nitrogen and oxygen atoms in total. The SMILES string of the molecule is CC(C)(C)OC(=O)[C@@H](NC(=O)c1ccc2c(Cl)cnc(N=C(N)N)c2c1)C1CCCC1. The van der Waals surface area contributed by atoms with Crippen molar-refractivity contribution < 1.29 is 14.3 Å². The number of nitrogens with two attached hydrogens (primary N) is 2. The molecule has 1 aliphatic rings. The van der Waals surface area contributed by atoms with E-state index in [1.807, 2.05) is 20.8 Å². The van der Waals surface area contributed by atoms with Crippen LogP contribution in [0.4, 0.5) is 5.82 Å². The highest BCUT2D eigenvalue weighted by Crippen LogP contribution is 2.31. The summed E-state index contributed by atoms with van der Waals surface area (Å²) in [6.07, 6.45) is 5.25. The van der Waals surface area contributed by atoms with Crippen molar-refractivity contribution in [3.05, 3.63) is 35.0 Å². The van der Waals surface area contributed by atoms with Gasteiger partial charge in [-0.15, -0.1) is 0 Å². The van der Waals surface area contributed by atoms with E-state index in [9.17, 15) is 9.59 Å². The zero-order chi connectivity index (χ0) is 22.8. The summed E-state index contributed by atoms with van der Waals surface area (Å²) in [4.78, 5) is 34.1. The number of halogens is 1. The number of benzene rings is 1. The third-order valence-corrected chi connectivity index (χ3v) is 5.43. The maximum absolute atomic E-state index is 13.1. The number of hydrogen-bond acceptors (Lipinski definition) is 5. The number of esters is 1. The van der Waals surface area contributed by atoms with Crippen molar-refractivity contribution in [2.75, 3.05) is 0 Å². The maximum atomic E-state index is 13.1. The molecule has 9 heteroatoms. The Morgan fingerprint density at radius 1 is 1.23 bits per heavy atom. The van der Waals surface area contributed by atoms with Gasteiger partial charge in [-0.2, -0.15) is 4.99 Å². The van der Waals surface area contributed by atoms with Crippen LogP contribution in [0.5, 0.6) is 0 Å². The Balaban J connectivity index is 1.92. The minimum absolute atomic E-state index is 0.0487. The van der Waals surface area contributed by atoms with Gasteiger partial charge in [-0.1, -0.05) is 30.5 Å². The van der Waals surface area contributed by atoms with Gasteiger partial charge < -0.3 is 21.5 Å². The molecule has 0 saturated heterocycles. The van der Waals surface area contributed by atoms with Gasteiger partial charge in [0.2, 0.25) is 0 Å². The second-order valence-electron chi connectivity index (χ2n) is 8.76. The summed E-state index contributed by atoms with van der Waals surface area (Å²) in [5, 5.41) is 4.49. The topological polar surface area (TPSA) is 133 Å². The maximum Gasteiger partial charge on any atom is 0.329 e. The van der Waals surface area contributed by atoms with Crippen LogP contribution in [0.3, 0.4) is 0 Å². The van der Waals surface area contributed by atoms with Gasteiger partial charge in [0.05, 0.1) is 5.02 Å². The predicted molar refractivity (Wildman–Crippen MR) is 121 cm³/mol. The van der Waals surface area contributed by atoms with Crippen molar-refractivity contribution in [1.82, 2.24) is 10.3 Å². The first kappa shape index (κ1) is 22.8. The molecule has 1 amide bonds. The molecule has 1 heterocycles. The van der Waals surface area contributed by atoms with Crippen molar-refractivity contribution in [2.45, 2.75) is 58.1 Å². The number of nitrogens with one attached hydrogen (secondary N) is 1. The quantitative estimate of drug-likeness (QED) is 0.367. The van der Waals surface area contributed by atoms with Crippen molar-refractivity contribution in [3.8, 4) is 0 Å². The van der Waals surface area contributed by atoms with Crippen LogP contribution in [0.2, 0.25) is 5.02 Å². The molecule has 2 aromatic rings. The van der Waals surface area contributed by atoms with Crippen molar-refractivity contribution in [1.29, 1.82) is 0 Å². The van der Waals surface area contributed by atoms with Crippen LogP contribution in [0.15, 0.2) is 29.4 Å². The molecule has 31 heavy (non-hydrogen) atoms. The zero-order valence-corrected chi connectivity index (χ0v) is 18.7. The lowest BCUT2D eigenvalue weighted by Crippen LogP contribution is -2.48. The van der Waals surface area contributed by atoms with Gasteiger partial charge in [0.15, 0.2) is 11.8 Å². The number of aliphatic imine (C=N–C) groups is 1. The molecule has 0 bridgehead atoms. The van der Waals surface area contributed by atoms with Crippen LogP contribution in [-0.4, -0.2) is 34.5 Å². The van der Waals surface area contributed by atoms with Crippen molar-refractivity contribution in [2.24, 2.45) is 22.4 Å². The number of guanidine groups is 1. The summed E-state index contributed by atoms with van der Waals surface area (Å²) in [5.41, 5.74) is 10.7. The number of ether oxygens (including phenoxy) is 1. The van der Waals surface area contributed by atoms with E-state index in [0.29, 0.717) is 21.4 Å². The third-order valence-electron chi connectivity index (χ3n) is 5.13. The first-order valence-corrected chi connectivity index (χ1v) is 10.6. The second kappa shape index (κ2) is 9.09. The standard InChI is InChI=1S/C22H28ClN5O3/c1-22(2,3)31-20(30)17(12-6-4-5-7-12)27-19(29)13-8-9-14-15(10-13)18(28-21(24)25)26-11-16(14)23/h8-12,17H,4-7H2,1-3H3,(H,27,29)(H4,24,25,26,28)/t17-/m0/s1. The Bertz CT molecular complexity index is 1020. The van der Waals surface area contributed by atoms with E-state index in [-0.39, 0.29) is 23.6 Å². The Hall–Kier alpha value is -2.87. The summed E-state index contributed by atoms with van der Waals surface area (Å²) in [6, 6.07) is 4.26. The third kappa shape index (κ3) is 5.64. The summed E-state index contributed by atoms with van der Waals surface area (Å²) in [5.74, 6) is -0.655. The summed E-state index contributed by atoms with van der Waals surface area (Å²) >= 11 is 6.24. The minimum atomic E-state index is -0.709. The molecule has 3 rings (SSSR count). The predicted octanol–water partition coefficient (Wildman–Crippen LogP) is 3.42. The molecule has 1 saturated carbocycles. The molecule has 1 fully saturated rings. The summed E-state index contributed by atoms with van der Waals surface area (Å²) in [6.45, 7) is 5.43. The van der Waals surface area contributed by atoms with E-state index in [1.54, 1.807) is 18.2 Å². The number of amides is 1. The van der Waals surface area contributed by atoms with E-state index in [0.717, 1.165) is 25.7 Å². The molecule has 0 aliphatic heterocycles. The molecule has 1 atom stereocenters. The fraction of sp³-hybridized carbons (Fsp3) is 0.455. The number of hydrogen-bond donors (Lipinski definition) is 3. The van der Waals surface area contributed by atoms with E-state index >= 15 is 0 Å². The Morgan fingerprint density at radius 3 is 2.52 bits per heavy atom. The molecular weight excluding hydrogens is 418 g/mol. The first-order chi connectivity index (χ1) is 14.5. The highest BCUT2D eigenvalue weighted by molar-refractivity contribution is 6.35. The average molecular weight is 446 g/mol. The van der Waals surface area contributed by atoms with Gasteiger partial charge in [0.1, 0.15) is 11.6 Å². The molecule has 5 N–H and O–H groups in total. The Labute approximate surface area is 186 Å². The van der Waals surface area contributed by atoms with Gasteiger partial charge in [-0.25, -0.2) is 9.78 Å². The molecule has 1 aromatic carbocycles. The van der Waals surface area contributed by atoms with Gasteiger partial charge in [-0.05, 0) is 51.7 Å². The number of nitrogens with zero attached hydrogens (tertiary/aromatic N) is 2. The number of carbonyl (C=O) groups excluding carboxylic acids is 2. The molecule has 0 unspecified atom stereocenters. The highest BCUT2D eigenvalue weighted by Gasteiger charge is 2.35. The van der Waals surface area contributed by atoms with Gasteiger partial charge in [0, 0.05) is 22.5 Å². The van der Waals surface area contributed by atoms with Gasteiger partial charge in [-0.3, -0.25) is 4.79 Å². The molecule has 0 radical (unpaired) electrons. The first-order valence-electron chi connectivity index (χ1n) is 10.3. The van der Waals surface area contributed by atoms with Crippen molar-refractivity contribution >= 4 is 46.0 Å². The monoisotopic (exact) mass is 445 g/mol. The van der Waals surface area contributed by atoms with E-state index in [1.165, 1.54) is 6.20 Å². The number of rotatable bonds is 5. The summed E-state index contributed by atoms with van der Waals surface area (Å²) in [7, 11) is 0. The van der Waals surface area contributed by atoms with Crippen LogP contribution in [0, 0.1) is 5.92 Å². The lowest BCUT2D eigenvalue weighted by Gasteiger charge is -2.27. The van der Waals surface area contributed by atoms with Crippen LogP contribution in [-0.2, 0) is 9.53 Å². The zero-order valence-electron chi connectivity index (χ0n) is 17.9. The molecule has 1 aromatic heterocycles. The highest BCUT2D eigenvalue weighted by atomic mass is 35.5. The lowest BCUT2D eigenvalue weighted by molar-refractivity contribution is -0.158. The Kier molecular flexibility index (Phi) is 6.69. The van der Waals surface area contributed by atoms with E-state index in [2.05, 4.69) is 15.3 Å². The van der Waals surface area contributed by atoms with Crippen LogP contribution in [0.25, 0.3) is 10.8 Å². The minimum Gasteiger partial charge on any atom is -0.458 e. The largest absolute Gasteiger partial charge is 0.458 e. The fourth-order valence-electron chi connectivity index (χ4n) is 3.80. The van der Waals surface area contributed by atoms with Gasteiger partial charge in [0.25, 0.3) is 5.91 Å². The molecule has 166 valence electrons.